The van der Waals surface area contributed by atoms with Crippen LogP contribution in [0.15, 0.2) is 24.3 Å². The van der Waals surface area contributed by atoms with Gasteiger partial charge in [0.2, 0.25) is 10.0 Å². The molecule has 0 aromatic heterocycles. The summed E-state index contributed by atoms with van der Waals surface area (Å²) in [4.78, 5) is 0.295. The number of sulfonamides is 1. The summed E-state index contributed by atoms with van der Waals surface area (Å²) < 4.78 is 27.0. The maximum atomic E-state index is 12.1. The van der Waals surface area contributed by atoms with Crippen LogP contribution in [0.2, 0.25) is 0 Å². The Bertz CT molecular complexity index is 591. The summed E-state index contributed by atoms with van der Waals surface area (Å²) in [6, 6.07) is 6.82. The Labute approximate surface area is 130 Å². The van der Waals surface area contributed by atoms with E-state index >= 15 is 0 Å². The van der Waals surface area contributed by atoms with Gasteiger partial charge in [0.1, 0.15) is 4.99 Å². The van der Waals surface area contributed by atoms with Crippen molar-refractivity contribution in [2.45, 2.75) is 43.6 Å². The third kappa shape index (κ3) is 5.03. The molecule has 0 amide bonds. The molecule has 0 heterocycles. The normalized spacial score (nSPS) is 22.9. The van der Waals surface area contributed by atoms with Gasteiger partial charge in [0.15, 0.2) is 0 Å². The predicted molar refractivity (Wildman–Crippen MR) is 86.4 cm³/mol. The topological polar surface area (TPSA) is 92.4 Å². The monoisotopic (exact) mass is 328 g/mol. The van der Waals surface area contributed by atoms with Crippen LogP contribution >= 0.6 is 12.2 Å². The zero-order valence-electron chi connectivity index (χ0n) is 11.7. The number of nitrogens with one attached hydrogen (secondary N) is 1. The summed E-state index contributed by atoms with van der Waals surface area (Å²) in [6.45, 7) is 0. The molecule has 0 bridgehead atoms. The highest BCUT2D eigenvalue weighted by atomic mass is 32.2. The second-order valence-corrected chi connectivity index (χ2v) is 7.64. The molecular weight excluding hydrogens is 308 g/mol. The van der Waals surface area contributed by atoms with E-state index in [9.17, 15) is 13.5 Å². The van der Waals surface area contributed by atoms with Gasteiger partial charge < -0.3 is 10.8 Å². The third-order valence-corrected chi connectivity index (χ3v) is 5.28. The van der Waals surface area contributed by atoms with Crippen molar-refractivity contribution in [3.8, 4) is 0 Å². The number of nitrogens with two attached hydrogens (primary N) is 1. The minimum absolute atomic E-state index is 0.0658. The number of rotatable bonds is 5. The van der Waals surface area contributed by atoms with Gasteiger partial charge in [-0.25, -0.2) is 13.1 Å². The summed E-state index contributed by atoms with van der Waals surface area (Å²) in [5.74, 6) is -0.0658. The highest BCUT2D eigenvalue weighted by Crippen LogP contribution is 2.19. The van der Waals surface area contributed by atoms with Gasteiger partial charge in [0.25, 0.3) is 0 Å². The highest BCUT2D eigenvalue weighted by molar-refractivity contribution is 7.88. The molecule has 0 unspecified atom stereocenters. The van der Waals surface area contributed by atoms with E-state index in [4.69, 9.17) is 18.0 Å². The van der Waals surface area contributed by atoms with E-state index < -0.39 is 10.0 Å². The van der Waals surface area contributed by atoms with Crippen molar-refractivity contribution in [1.29, 1.82) is 0 Å². The minimum atomic E-state index is -3.38. The number of hydrogen-bond acceptors (Lipinski definition) is 4. The fourth-order valence-electron chi connectivity index (χ4n) is 2.47. The zero-order chi connectivity index (χ0) is 15.5. The lowest BCUT2D eigenvalue weighted by atomic mass is 9.94. The molecule has 2 rings (SSSR count). The van der Waals surface area contributed by atoms with Crippen molar-refractivity contribution < 1.29 is 13.5 Å². The van der Waals surface area contributed by atoms with Gasteiger partial charge in [-0.15, -0.1) is 0 Å². The summed E-state index contributed by atoms with van der Waals surface area (Å²) in [6.07, 6.45) is 2.37. The maximum absolute atomic E-state index is 12.1. The van der Waals surface area contributed by atoms with Crippen molar-refractivity contribution >= 4 is 27.2 Å². The maximum Gasteiger partial charge on any atom is 0.216 e. The van der Waals surface area contributed by atoms with Crippen molar-refractivity contribution in [3.63, 3.8) is 0 Å². The molecule has 1 aliphatic rings. The Hall–Kier alpha value is -1.02. The van der Waals surface area contributed by atoms with Gasteiger partial charge >= 0.3 is 0 Å². The molecule has 4 N–H and O–H groups in total. The molecule has 0 spiro atoms. The van der Waals surface area contributed by atoms with E-state index in [2.05, 4.69) is 4.72 Å². The fourth-order valence-corrected chi connectivity index (χ4v) is 4.07. The Kier molecular flexibility index (Phi) is 5.32. The molecule has 0 atom stereocenters. The first-order valence-electron chi connectivity index (χ1n) is 6.92. The van der Waals surface area contributed by atoms with Gasteiger partial charge in [-0.1, -0.05) is 36.5 Å². The summed E-state index contributed by atoms with van der Waals surface area (Å²) >= 11 is 4.86. The van der Waals surface area contributed by atoms with Gasteiger partial charge in [0.05, 0.1) is 11.9 Å². The van der Waals surface area contributed by atoms with E-state index in [1.807, 2.05) is 0 Å². The van der Waals surface area contributed by atoms with Crippen LogP contribution in [0.5, 0.6) is 0 Å². The molecule has 7 heteroatoms. The number of aliphatic hydroxyl groups excluding tert-OH is 1. The van der Waals surface area contributed by atoms with Crippen LogP contribution in [-0.4, -0.2) is 30.7 Å². The van der Waals surface area contributed by atoms with Crippen LogP contribution in [0.4, 0.5) is 0 Å². The van der Waals surface area contributed by atoms with Crippen molar-refractivity contribution in [2.24, 2.45) is 5.73 Å². The van der Waals surface area contributed by atoms with Crippen LogP contribution in [0.25, 0.3) is 0 Å². The Morgan fingerprint density at radius 3 is 2.33 bits per heavy atom. The molecule has 0 radical (unpaired) electrons. The number of thiocarbonyl (C=S) groups is 1. The van der Waals surface area contributed by atoms with E-state index in [1.165, 1.54) is 0 Å². The second kappa shape index (κ2) is 6.83. The molecule has 5 nitrogen and oxygen atoms in total. The average molecular weight is 328 g/mol. The van der Waals surface area contributed by atoms with Crippen LogP contribution in [0.1, 0.15) is 36.8 Å². The van der Waals surface area contributed by atoms with E-state index in [1.54, 1.807) is 24.3 Å². The number of aliphatic hydroxyl groups is 1. The smallest absolute Gasteiger partial charge is 0.216 e. The third-order valence-electron chi connectivity index (χ3n) is 3.64. The lowest BCUT2D eigenvalue weighted by Gasteiger charge is -2.26. The number of benzene rings is 1. The first kappa shape index (κ1) is 16.4. The number of hydrogen-bond donors (Lipinski definition) is 3. The second-order valence-electron chi connectivity index (χ2n) is 5.44. The van der Waals surface area contributed by atoms with Gasteiger partial charge in [-0.05, 0) is 31.2 Å². The standard InChI is InChI=1S/C14H20N2O3S2/c15-14(20)11-3-1-10(2-4-11)9-21(18,19)16-12-5-7-13(17)8-6-12/h1-4,12-13,16-17H,5-9H2,(H2,15,20). The lowest BCUT2D eigenvalue weighted by molar-refractivity contribution is 0.120. The molecule has 1 fully saturated rings. The van der Waals surface area contributed by atoms with Crippen LogP contribution in [-0.2, 0) is 15.8 Å². The molecule has 21 heavy (non-hydrogen) atoms. The molecule has 116 valence electrons. The Balaban J connectivity index is 1.95. The first-order chi connectivity index (χ1) is 9.85. The van der Waals surface area contributed by atoms with Crippen LogP contribution in [0, 0.1) is 0 Å². The van der Waals surface area contributed by atoms with Crippen molar-refractivity contribution in [2.75, 3.05) is 0 Å². The van der Waals surface area contributed by atoms with Gasteiger partial charge in [-0.2, -0.15) is 0 Å². The van der Waals surface area contributed by atoms with Gasteiger partial charge in [-0.3, -0.25) is 0 Å². The molecule has 1 aromatic carbocycles. The lowest BCUT2D eigenvalue weighted by Crippen LogP contribution is -2.39. The highest BCUT2D eigenvalue weighted by Gasteiger charge is 2.23. The average Bonchev–Trinajstić information content (AvgIpc) is 2.41. The predicted octanol–water partition coefficient (Wildman–Crippen LogP) is 1.04. The van der Waals surface area contributed by atoms with Gasteiger partial charge in [0, 0.05) is 11.6 Å². The molecular formula is C14H20N2O3S2. The molecule has 0 aliphatic heterocycles. The minimum Gasteiger partial charge on any atom is -0.393 e. The quantitative estimate of drug-likeness (QED) is 0.703. The molecule has 1 aromatic rings. The molecule has 1 saturated carbocycles. The van der Waals surface area contributed by atoms with E-state index in [0.29, 0.717) is 36.2 Å². The van der Waals surface area contributed by atoms with Crippen molar-refractivity contribution in [1.82, 2.24) is 4.72 Å². The SMILES string of the molecule is NC(=S)c1ccc(CS(=O)(=O)NC2CCC(O)CC2)cc1. The summed E-state index contributed by atoms with van der Waals surface area (Å²) in [5.41, 5.74) is 6.92. The zero-order valence-corrected chi connectivity index (χ0v) is 13.3. The summed E-state index contributed by atoms with van der Waals surface area (Å²) in [5, 5.41) is 9.43. The van der Waals surface area contributed by atoms with E-state index in [0.717, 1.165) is 5.56 Å². The molecule has 1 aliphatic carbocycles. The van der Waals surface area contributed by atoms with Crippen molar-refractivity contribution in [3.05, 3.63) is 35.4 Å². The summed E-state index contributed by atoms with van der Waals surface area (Å²) in [7, 11) is -3.38. The Morgan fingerprint density at radius 1 is 1.24 bits per heavy atom. The fraction of sp³-hybridized carbons (Fsp3) is 0.500. The van der Waals surface area contributed by atoms with E-state index in [-0.39, 0.29) is 17.9 Å². The van der Waals surface area contributed by atoms with Crippen LogP contribution < -0.4 is 10.5 Å². The first-order valence-corrected chi connectivity index (χ1v) is 8.98. The molecule has 0 saturated heterocycles. The van der Waals surface area contributed by atoms with Crippen LogP contribution in [0.3, 0.4) is 0 Å². The Morgan fingerprint density at radius 2 is 1.81 bits per heavy atom. The largest absolute Gasteiger partial charge is 0.393 e.